The summed E-state index contributed by atoms with van der Waals surface area (Å²) in [5.74, 6) is 0. The van der Waals surface area contributed by atoms with Crippen LogP contribution in [-0.4, -0.2) is 10.2 Å². The molecule has 86 valence electrons. The molecule has 0 unspecified atom stereocenters. The molecule has 1 aliphatic heterocycles. The predicted octanol–water partition coefficient (Wildman–Crippen LogP) is 3.30. The van der Waals surface area contributed by atoms with E-state index < -0.39 is 0 Å². The van der Waals surface area contributed by atoms with Crippen molar-refractivity contribution in [2.24, 2.45) is 0 Å². The minimum absolute atomic E-state index is 0.361. The second-order valence-electron chi connectivity index (χ2n) is 3.97. The zero-order chi connectivity index (χ0) is 11.8. The summed E-state index contributed by atoms with van der Waals surface area (Å²) in [6.45, 7) is 1.66. The summed E-state index contributed by atoms with van der Waals surface area (Å²) in [6.07, 6.45) is 0. The van der Waals surface area contributed by atoms with Crippen molar-refractivity contribution < 1.29 is 0 Å². The van der Waals surface area contributed by atoms with Crippen molar-refractivity contribution in [1.82, 2.24) is 10.2 Å². The van der Waals surface area contributed by atoms with Gasteiger partial charge >= 0.3 is 0 Å². The largest absolute Gasteiger partial charge is 0.360 e. The lowest BCUT2D eigenvalue weighted by atomic mass is 10.1. The summed E-state index contributed by atoms with van der Waals surface area (Å²) in [5.41, 5.74) is 3.47. The minimum atomic E-state index is 0.361. The first kappa shape index (κ1) is 10.8. The van der Waals surface area contributed by atoms with E-state index in [0.29, 0.717) is 10.3 Å². The maximum Gasteiger partial charge on any atom is 0.175 e. The third-order valence-corrected chi connectivity index (χ3v) is 3.34. The quantitative estimate of drug-likeness (QED) is 0.793. The highest BCUT2D eigenvalue weighted by atomic mass is 35.5. The van der Waals surface area contributed by atoms with Gasteiger partial charge < -0.3 is 4.90 Å². The van der Waals surface area contributed by atoms with Crippen LogP contribution in [0, 0.1) is 0 Å². The molecular formula is C12H9Cl2N3. The third-order valence-electron chi connectivity index (χ3n) is 2.88. The molecule has 0 radical (unpaired) electrons. The molecule has 0 aliphatic carbocycles. The molecule has 2 aromatic rings. The molecule has 2 heterocycles. The molecule has 1 aliphatic rings. The van der Waals surface area contributed by atoms with Crippen LogP contribution < -0.4 is 4.90 Å². The third kappa shape index (κ3) is 1.96. The number of hydrogen-bond acceptors (Lipinski definition) is 3. The van der Waals surface area contributed by atoms with E-state index in [-0.39, 0.29) is 0 Å². The van der Waals surface area contributed by atoms with E-state index in [1.807, 2.05) is 12.1 Å². The van der Waals surface area contributed by atoms with Gasteiger partial charge in [-0.25, -0.2) is 0 Å². The fourth-order valence-corrected chi connectivity index (χ4v) is 2.42. The molecule has 3 rings (SSSR count). The molecule has 3 nitrogen and oxygen atoms in total. The van der Waals surface area contributed by atoms with E-state index in [1.165, 1.54) is 11.1 Å². The highest BCUT2D eigenvalue weighted by Gasteiger charge is 2.21. The monoisotopic (exact) mass is 265 g/mol. The molecule has 0 saturated carbocycles. The fraction of sp³-hybridized carbons (Fsp3) is 0.167. The maximum absolute atomic E-state index is 6.05. The molecule has 0 bridgehead atoms. The van der Waals surface area contributed by atoms with Gasteiger partial charge in [0, 0.05) is 19.2 Å². The van der Waals surface area contributed by atoms with Gasteiger partial charge in [0.05, 0.1) is 5.69 Å². The first-order chi connectivity index (χ1) is 8.24. The van der Waals surface area contributed by atoms with Crippen LogP contribution in [0.5, 0.6) is 0 Å². The number of halogens is 2. The molecule has 0 N–H and O–H groups in total. The van der Waals surface area contributed by atoms with Crippen LogP contribution in [0.1, 0.15) is 11.1 Å². The van der Waals surface area contributed by atoms with Gasteiger partial charge in [-0.1, -0.05) is 47.5 Å². The van der Waals surface area contributed by atoms with Crippen LogP contribution >= 0.6 is 23.2 Å². The average Bonchev–Trinajstić information content (AvgIpc) is 2.75. The zero-order valence-corrected chi connectivity index (χ0v) is 10.4. The SMILES string of the molecule is Clc1cc(N2Cc3ccccc3C2)c(Cl)nn1. The second kappa shape index (κ2) is 4.17. The first-order valence-electron chi connectivity index (χ1n) is 5.24. The number of fused-ring (bicyclic) bond motifs is 1. The van der Waals surface area contributed by atoms with Crippen molar-refractivity contribution in [3.05, 3.63) is 51.8 Å². The standard InChI is InChI=1S/C12H9Cl2N3/c13-11-5-10(12(14)16-15-11)17-6-8-3-1-2-4-9(8)7-17/h1-5H,6-7H2. The van der Waals surface area contributed by atoms with Crippen LogP contribution in [0.15, 0.2) is 30.3 Å². The van der Waals surface area contributed by atoms with Crippen molar-refractivity contribution in [2.45, 2.75) is 13.1 Å². The van der Waals surface area contributed by atoms with Crippen LogP contribution in [0.3, 0.4) is 0 Å². The van der Waals surface area contributed by atoms with E-state index in [9.17, 15) is 0 Å². The summed E-state index contributed by atoms with van der Waals surface area (Å²) in [6, 6.07) is 10.1. The van der Waals surface area contributed by atoms with Crippen LogP contribution in [-0.2, 0) is 13.1 Å². The summed E-state index contributed by atoms with van der Waals surface area (Å²) >= 11 is 11.9. The smallest absolute Gasteiger partial charge is 0.175 e. The van der Waals surface area contributed by atoms with Crippen LogP contribution in [0.25, 0.3) is 0 Å². The summed E-state index contributed by atoms with van der Waals surface area (Å²) in [7, 11) is 0. The zero-order valence-electron chi connectivity index (χ0n) is 8.90. The number of hydrogen-bond donors (Lipinski definition) is 0. The van der Waals surface area contributed by atoms with Gasteiger partial charge in [0.25, 0.3) is 0 Å². The summed E-state index contributed by atoms with van der Waals surface area (Å²) in [5, 5.41) is 8.30. The normalized spacial score (nSPS) is 13.9. The van der Waals surface area contributed by atoms with Gasteiger partial charge in [0.2, 0.25) is 0 Å². The van der Waals surface area contributed by atoms with Gasteiger partial charge in [-0.05, 0) is 11.1 Å². The van der Waals surface area contributed by atoms with Crippen molar-refractivity contribution in [3.63, 3.8) is 0 Å². The van der Waals surface area contributed by atoms with E-state index in [4.69, 9.17) is 23.2 Å². The fourth-order valence-electron chi connectivity index (χ4n) is 2.07. The molecule has 0 fully saturated rings. The molecule has 17 heavy (non-hydrogen) atoms. The number of aromatic nitrogens is 2. The highest BCUT2D eigenvalue weighted by molar-refractivity contribution is 6.33. The molecular weight excluding hydrogens is 257 g/mol. The van der Waals surface area contributed by atoms with Crippen molar-refractivity contribution >= 4 is 28.9 Å². The van der Waals surface area contributed by atoms with E-state index in [0.717, 1.165) is 18.8 Å². The Morgan fingerprint density at radius 1 is 1.00 bits per heavy atom. The van der Waals surface area contributed by atoms with Crippen molar-refractivity contribution in [2.75, 3.05) is 4.90 Å². The maximum atomic E-state index is 6.05. The number of benzene rings is 1. The molecule has 1 aromatic heterocycles. The minimum Gasteiger partial charge on any atom is -0.360 e. The Labute approximate surface area is 109 Å². The first-order valence-corrected chi connectivity index (χ1v) is 6.00. The number of anilines is 1. The van der Waals surface area contributed by atoms with Gasteiger partial charge in [-0.3, -0.25) is 0 Å². The lowest BCUT2D eigenvalue weighted by molar-refractivity contribution is 0.865. The lowest BCUT2D eigenvalue weighted by Crippen LogP contribution is -2.15. The Balaban J connectivity index is 1.96. The molecule has 0 amide bonds. The highest BCUT2D eigenvalue weighted by Crippen LogP contribution is 2.32. The van der Waals surface area contributed by atoms with Gasteiger partial charge in [-0.2, -0.15) is 0 Å². The average molecular weight is 266 g/mol. The van der Waals surface area contributed by atoms with Gasteiger partial charge in [0.15, 0.2) is 10.3 Å². The summed E-state index contributed by atoms with van der Waals surface area (Å²) in [4.78, 5) is 2.15. The number of rotatable bonds is 1. The Bertz CT molecular complexity index is 546. The Hall–Kier alpha value is -1.32. The van der Waals surface area contributed by atoms with E-state index in [2.05, 4.69) is 27.2 Å². The molecule has 5 heteroatoms. The lowest BCUT2D eigenvalue weighted by Gasteiger charge is -2.18. The van der Waals surface area contributed by atoms with Gasteiger partial charge in [0.1, 0.15) is 0 Å². The molecule has 1 aromatic carbocycles. The van der Waals surface area contributed by atoms with Crippen molar-refractivity contribution in [3.8, 4) is 0 Å². The topological polar surface area (TPSA) is 29.0 Å². The van der Waals surface area contributed by atoms with E-state index in [1.54, 1.807) is 6.07 Å². The molecule has 0 spiro atoms. The Morgan fingerprint density at radius 3 is 2.29 bits per heavy atom. The molecule has 0 saturated heterocycles. The van der Waals surface area contributed by atoms with E-state index >= 15 is 0 Å². The number of nitrogens with zero attached hydrogens (tertiary/aromatic N) is 3. The predicted molar refractivity (Wildman–Crippen MR) is 68.4 cm³/mol. The van der Waals surface area contributed by atoms with Crippen LogP contribution in [0.2, 0.25) is 10.3 Å². The summed E-state index contributed by atoms with van der Waals surface area (Å²) < 4.78 is 0. The molecule has 0 atom stereocenters. The Morgan fingerprint density at radius 2 is 1.65 bits per heavy atom. The second-order valence-corrected chi connectivity index (χ2v) is 4.71. The van der Waals surface area contributed by atoms with Crippen LogP contribution in [0.4, 0.5) is 5.69 Å². The Kier molecular flexibility index (Phi) is 2.65. The van der Waals surface area contributed by atoms with Crippen molar-refractivity contribution in [1.29, 1.82) is 0 Å². The van der Waals surface area contributed by atoms with Gasteiger partial charge in [-0.15, -0.1) is 10.2 Å².